The van der Waals surface area contributed by atoms with Crippen LogP contribution < -0.4 is 20.5 Å². The Balaban J connectivity index is 1.34. The van der Waals surface area contributed by atoms with E-state index in [0.717, 1.165) is 79.3 Å². The van der Waals surface area contributed by atoms with E-state index in [1.165, 1.54) is 38.9 Å². The Hall–Kier alpha value is -2.39. The molecule has 8 nitrogen and oxygen atoms in total. The number of ether oxygens (including phenoxy) is 2. The van der Waals surface area contributed by atoms with Crippen molar-refractivity contribution in [3.63, 3.8) is 0 Å². The lowest BCUT2D eigenvalue weighted by Gasteiger charge is -2.40. The highest BCUT2D eigenvalue weighted by molar-refractivity contribution is 5.61. The first-order chi connectivity index (χ1) is 19.8. The molecule has 226 valence electrons. The predicted octanol–water partition coefficient (Wildman–Crippen LogP) is 4.73. The molecule has 1 aromatic carbocycles. The van der Waals surface area contributed by atoms with E-state index in [0.29, 0.717) is 17.5 Å². The molecule has 0 radical (unpaired) electrons. The Bertz CT molecular complexity index is 1210. The molecule has 5 rings (SSSR count). The molecule has 41 heavy (non-hydrogen) atoms. The van der Waals surface area contributed by atoms with Crippen LogP contribution in [0, 0.1) is 26.7 Å². The number of aliphatic hydroxyl groups is 1. The van der Waals surface area contributed by atoms with Crippen molar-refractivity contribution in [1.29, 1.82) is 0 Å². The molecule has 1 saturated carbocycles. The molecule has 1 aliphatic carbocycles. The number of hydrogen-bond acceptors (Lipinski definition) is 7. The normalized spacial score (nSPS) is 22.8. The third-order valence-electron chi connectivity index (χ3n) is 9.40. The van der Waals surface area contributed by atoms with E-state index in [9.17, 15) is 9.90 Å². The summed E-state index contributed by atoms with van der Waals surface area (Å²) in [5.74, 6) is 1.53. The fourth-order valence-electron chi connectivity index (χ4n) is 7.00. The zero-order valence-electron chi connectivity index (χ0n) is 25.5. The first kappa shape index (κ1) is 30.1. The second-order valence-electron chi connectivity index (χ2n) is 12.5. The number of aryl methyl sites for hydroxylation is 2. The third kappa shape index (κ3) is 7.34. The van der Waals surface area contributed by atoms with Gasteiger partial charge in [0.1, 0.15) is 12.0 Å². The molecular weight excluding hydrogens is 516 g/mol. The summed E-state index contributed by atoms with van der Waals surface area (Å²) in [7, 11) is 0. The van der Waals surface area contributed by atoms with Crippen LogP contribution in [0.1, 0.15) is 86.0 Å². The summed E-state index contributed by atoms with van der Waals surface area (Å²) < 4.78 is 12.2. The molecule has 8 heteroatoms. The Morgan fingerprint density at radius 1 is 1.12 bits per heavy atom. The molecule has 1 unspecified atom stereocenters. The number of pyridine rings is 1. The maximum Gasteiger partial charge on any atom is 0.252 e. The first-order valence-electron chi connectivity index (χ1n) is 15.8. The highest BCUT2D eigenvalue weighted by Crippen LogP contribution is 2.38. The van der Waals surface area contributed by atoms with Gasteiger partial charge in [0, 0.05) is 67.5 Å². The van der Waals surface area contributed by atoms with Gasteiger partial charge < -0.3 is 29.4 Å². The van der Waals surface area contributed by atoms with Crippen LogP contribution >= 0.6 is 0 Å². The molecule has 1 atom stereocenters. The molecule has 2 aromatic rings. The van der Waals surface area contributed by atoms with Crippen LogP contribution in [0.15, 0.2) is 23.0 Å². The maximum atomic E-state index is 12.6. The average molecular weight is 567 g/mol. The maximum absolute atomic E-state index is 12.6. The molecule has 3 heterocycles. The second kappa shape index (κ2) is 13.7. The van der Waals surface area contributed by atoms with Gasteiger partial charge in [0.25, 0.3) is 5.56 Å². The van der Waals surface area contributed by atoms with Crippen LogP contribution in [0.25, 0.3) is 0 Å². The summed E-state index contributed by atoms with van der Waals surface area (Å²) >= 11 is 0. The lowest BCUT2D eigenvalue weighted by molar-refractivity contribution is 0.0389. The molecule has 2 saturated heterocycles. The van der Waals surface area contributed by atoms with Crippen molar-refractivity contribution in [3.8, 4) is 5.75 Å². The first-order valence-corrected chi connectivity index (χ1v) is 15.8. The molecule has 0 amide bonds. The largest absolute Gasteiger partial charge is 0.490 e. The van der Waals surface area contributed by atoms with E-state index in [2.05, 4.69) is 40.0 Å². The van der Waals surface area contributed by atoms with Gasteiger partial charge in [-0.25, -0.2) is 0 Å². The van der Waals surface area contributed by atoms with Gasteiger partial charge in [-0.2, -0.15) is 0 Å². The van der Waals surface area contributed by atoms with Crippen molar-refractivity contribution >= 4 is 5.69 Å². The number of nitrogens with one attached hydrogen (secondary N) is 2. The third-order valence-corrected chi connectivity index (χ3v) is 9.40. The van der Waals surface area contributed by atoms with Crippen LogP contribution in [0.4, 0.5) is 5.69 Å². The Morgan fingerprint density at radius 3 is 2.54 bits per heavy atom. The SMILES string of the molecule is CCN(c1cc(OC2CC(CN3CCCCC3)C2)cc(C(O)NCc2c(C)cc(C)[nH]c2=O)c1C)C1CCOCC1. The fourth-order valence-corrected chi connectivity index (χ4v) is 7.00. The van der Waals surface area contributed by atoms with Crippen LogP contribution in [-0.2, 0) is 11.3 Å². The number of H-pyrrole nitrogens is 1. The fraction of sp³-hybridized carbons (Fsp3) is 0.667. The summed E-state index contributed by atoms with van der Waals surface area (Å²) in [6.07, 6.45) is 7.47. The quantitative estimate of drug-likeness (QED) is 0.339. The molecule has 1 aromatic heterocycles. The number of rotatable bonds is 11. The Kier molecular flexibility index (Phi) is 10.1. The van der Waals surface area contributed by atoms with Gasteiger partial charge in [-0.15, -0.1) is 0 Å². The van der Waals surface area contributed by atoms with Crippen LogP contribution in [0.3, 0.4) is 0 Å². The molecule has 3 N–H and O–H groups in total. The summed E-state index contributed by atoms with van der Waals surface area (Å²) in [5.41, 5.74) is 5.24. The lowest BCUT2D eigenvalue weighted by Crippen LogP contribution is -2.43. The molecule has 3 aliphatic rings. The highest BCUT2D eigenvalue weighted by atomic mass is 16.5. The summed E-state index contributed by atoms with van der Waals surface area (Å²) in [6.45, 7) is 14.5. The highest BCUT2D eigenvalue weighted by Gasteiger charge is 2.33. The van der Waals surface area contributed by atoms with Crippen molar-refractivity contribution in [2.24, 2.45) is 5.92 Å². The van der Waals surface area contributed by atoms with Crippen molar-refractivity contribution in [2.75, 3.05) is 44.3 Å². The topological polar surface area (TPSA) is 90.1 Å². The zero-order valence-corrected chi connectivity index (χ0v) is 25.5. The van der Waals surface area contributed by atoms with Crippen LogP contribution in [0.5, 0.6) is 5.75 Å². The number of likely N-dealkylation sites (tertiary alicyclic amines) is 1. The minimum atomic E-state index is -0.931. The number of nitrogens with zero attached hydrogens (tertiary/aromatic N) is 2. The van der Waals surface area contributed by atoms with Crippen molar-refractivity contribution < 1.29 is 14.6 Å². The van der Waals surface area contributed by atoms with Gasteiger partial charge >= 0.3 is 0 Å². The van der Waals surface area contributed by atoms with Crippen molar-refractivity contribution in [3.05, 3.63) is 56.5 Å². The zero-order chi connectivity index (χ0) is 28.9. The van der Waals surface area contributed by atoms with Gasteiger partial charge in [0.05, 0.1) is 6.10 Å². The van der Waals surface area contributed by atoms with Crippen molar-refractivity contribution in [2.45, 2.75) is 97.6 Å². The smallest absolute Gasteiger partial charge is 0.252 e. The van der Waals surface area contributed by atoms with E-state index < -0.39 is 6.23 Å². The second-order valence-corrected chi connectivity index (χ2v) is 12.5. The van der Waals surface area contributed by atoms with Gasteiger partial charge in [0.15, 0.2) is 0 Å². The lowest BCUT2D eigenvalue weighted by atomic mass is 9.81. The number of anilines is 1. The number of aromatic amines is 1. The summed E-state index contributed by atoms with van der Waals surface area (Å²) in [6, 6.07) is 6.54. The summed E-state index contributed by atoms with van der Waals surface area (Å²) in [5, 5.41) is 14.6. The van der Waals surface area contributed by atoms with Gasteiger partial charge in [-0.1, -0.05) is 6.42 Å². The number of aliphatic hydroxyl groups excluding tert-OH is 1. The number of piperidine rings is 1. The molecule has 0 spiro atoms. The van der Waals surface area contributed by atoms with E-state index in [1.54, 1.807) is 0 Å². The number of hydrogen-bond donors (Lipinski definition) is 3. The Morgan fingerprint density at radius 2 is 1.85 bits per heavy atom. The predicted molar refractivity (Wildman–Crippen MR) is 164 cm³/mol. The Labute approximate surface area is 245 Å². The monoisotopic (exact) mass is 566 g/mol. The molecule has 3 fully saturated rings. The molecular formula is C33H50N4O4. The summed E-state index contributed by atoms with van der Waals surface area (Å²) in [4.78, 5) is 20.5. The van der Waals surface area contributed by atoms with Crippen LogP contribution in [0.2, 0.25) is 0 Å². The minimum absolute atomic E-state index is 0.113. The van der Waals surface area contributed by atoms with E-state index in [-0.39, 0.29) is 18.2 Å². The van der Waals surface area contributed by atoms with E-state index in [1.807, 2.05) is 26.0 Å². The van der Waals surface area contributed by atoms with Crippen LogP contribution in [-0.4, -0.2) is 66.5 Å². The molecule has 2 aliphatic heterocycles. The van der Waals surface area contributed by atoms with E-state index in [4.69, 9.17) is 9.47 Å². The van der Waals surface area contributed by atoms with Gasteiger partial charge in [-0.3, -0.25) is 10.1 Å². The minimum Gasteiger partial charge on any atom is -0.490 e. The number of benzene rings is 1. The number of aromatic nitrogens is 1. The van der Waals surface area contributed by atoms with Crippen molar-refractivity contribution in [1.82, 2.24) is 15.2 Å². The van der Waals surface area contributed by atoms with Gasteiger partial charge in [0.2, 0.25) is 0 Å². The van der Waals surface area contributed by atoms with Gasteiger partial charge in [-0.05, 0) is 108 Å². The standard InChI is InChI=1S/C33H50N4O4/c1-5-37(26-9-13-40-14-10-26)31-19-28(41-27-16-25(17-27)21-36-11-7-6-8-12-36)18-29(24(31)4)32(38)34-20-30-22(2)15-23(3)35-33(30)39/h15,18-19,25-27,32,34,38H,5-14,16-17,20-21H2,1-4H3,(H,35,39). The average Bonchev–Trinajstić information content (AvgIpc) is 2.94. The molecule has 0 bridgehead atoms. The van der Waals surface area contributed by atoms with E-state index >= 15 is 0 Å².